The Morgan fingerprint density at radius 1 is 1.00 bits per heavy atom. The third-order valence-corrected chi connectivity index (χ3v) is 7.96. The van der Waals surface area contributed by atoms with Crippen molar-refractivity contribution in [3.63, 3.8) is 0 Å². The van der Waals surface area contributed by atoms with Gasteiger partial charge in [-0.1, -0.05) is 47.4 Å². The van der Waals surface area contributed by atoms with E-state index in [1.54, 1.807) is 22.8 Å². The van der Waals surface area contributed by atoms with Gasteiger partial charge in [-0.2, -0.15) is 13.2 Å². The highest BCUT2D eigenvalue weighted by atomic mass is 32.2. The summed E-state index contributed by atoms with van der Waals surface area (Å²) in [6.45, 7) is -0.281. The van der Waals surface area contributed by atoms with E-state index in [0.29, 0.717) is 22.3 Å². The zero-order valence-electron chi connectivity index (χ0n) is 22.6. The Morgan fingerprint density at radius 3 is 2.51 bits per heavy atom. The fraction of sp³-hybridized carbons (Fsp3) is 0.179. The Kier molecular flexibility index (Phi) is 8.82. The summed E-state index contributed by atoms with van der Waals surface area (Å²) >= 11 is 2.41. The lowest BCUT2D eigenvalue weighted by atomic mass is 10.1. The molecule has 0 atom stereocenters. The maximum Gasteiger partial charge on any atom is 0.417 e. The molecule has 3 aromatic carbocycles. The van der Waals surface area contributed by atoms with Gasteiger partial charge in [-0.05, 0) is 36.4 Å². The van der Waals surface area contributed by atoms with Crippen LogP contribution in [0.2, 0.25) is 0 Å². The van der Waals surface area contributed by atoms with E-state index in [-0.39, 0.29) is 29.2 Å². The van der Waals surface area contributed by atoms with Gasteiger partial charge in [0, 0.05) is 6.07 Å². The first-order valence-electron chi connectivity index (χ1n) is 12.6. The first-order chi connectivity index (χ1) is 20.7. The zero-order chi connectivity index (χ0) is 30.6. The monoisotopic (exact) mass is 628 g/mol. The summed E-state index contributed by atoms with van der Waals surface area (Å²) in [4.78, 5) is 30.1. The van der Waals surface area contributed by atoms with Gasteiger partial charge in [0.15, 0.2) is 16.1 Å². The second-order valence-electron chi connectivity index (χ2n) is 8.82. The average Bonchev–Trinajstić information content (AvgIpc) is 3.61. The van der Waals surface area contributed by atoms with E-state index >= 15 is 0 Å². The second-order valence-corrected chi connectivity index (χ2v) is 10.8. The number of amides is 2. The topological polar surface area (TPSA) is 120 Å². The predicted octanol–water partition coefficient (Wildman–Crippen LogP) is 5.57. The maximum absolute atomic E-state index is 13.5. The van der Waals surface area contributed by atoms with Crippen LogP contribution >= 0.6 is 23.1 Å². The number of benzene rings is 3. The van der Waals surface area contributed by atoms with Crippen LogP contribution in [-0.4, -0.2) is 51.5 Å². The number of methoxy groups -OCH3 is 2. The largest absolute Gasteiger partial charge is 0.497 e. The molecule has 5 rings (SSSR count). The molecule has 0 aliphatic heterocycles. The third-order valence-electron chi connectivity index (χ3n) is 6.08. The number of ether oxygens (including phenoxy) is 2. The number of carbonyl (C=O) groups is 2. The molecule has 15 heteroatoms. The van der Waals surface area contributed by atoms with E-state index < -0.39 is 23.2 Å². The van der Waals surface area contributed by atoms with Gasteiger partial charge in [-0.25, -0.2) is 4.98 Å². The lowest BCUT2D eigenvalue weighted by molar-refractivity contribution is -0.138. The highest BCUT2D eigenvalue weighted by Crippen LogP contribution is 2.34. The smallest absolute Gasteiger partial charge is 0.417 e. The number of fused-ring (bicyclic) bond motifs is 1. The molecular weight excluding hydrogens is 605 g/mol. The van der Waals surface area contributed by atoms with Gasteiger partial charge >= 0.3 is 6.18 Å². The molecule has 0 aliphatic carbocycles. The summed E-state index contributed by atoms with van der Waals surface area (Å²) in [5.41, 5.74) is -0.384. The molecular formula is C28H23F3N6O4S2. The SMILES string of the molecule is COc1ccc(OC)c(-n2c(CNC(=O)c3ccccc3C(F)(F)F)nnc2SCC(=O)Nc2nc3ccccc3s2)c1. The van der Waals surface area contributed by atoms with Crippen molar-refractivity contribution >= 4 is 50.3 Å². The van der Waals surface area contributed by atoms with Crippen LogP contribution in [0.5, 0.6) is 11.5 Å². The molecule has 0 fully saturated rings. The van der Waals surface area contributed by atoms with Gasteiger partial charge in [-0.3, -0.25) is 14.2 Å². The van der Waals surface area contributed by atoms with Crippen LogP contribution in [0.15, 0.2) is 71.9 Å². The number of carbonyl (C=O) groups excluding carboxylic acids is 2. The number of hydrogen-bond acceptors (Lipinski definition) is 9. The molecule has 0 aliphatic rings. The van der Waals surface area contributed by atoms with Crippen molar-refractivity contribution < 1.29 is 32.2 Å². The number of aromatic nitrogens is 4. The highest BCUT2D eigenvalue weighted by Gasteiger charge is 2.35. The fourth-order valence-electron chi connectivity index (χ4n) is 4.12. The van der Waals surface area contributed by atoms with Crippen molar-refractivity contribution in [2.24, 2.45) is 0 Å². The van der Waals surface area contributed by atoms with Crippen molar-refractivity contribution in [2.75, 3.05) is 25.3 Å². The summed E-state index contributed by atoms with van der Waals surface area (Å²) < 4.78 is 53.8. The van der Waals surface area contributed by atoms with Crippen LogP contribution in [0.3, 0.4) is 0 Å². The highest BCUT2D eigenvalue weighted by molar-refractivity contribution is 7.99. The third kappa shape index (κ3) is 6.73. The second kappa shape index (κ2) is 12.7. The predicted molar refractivity (Wildman–Crippen MR) is 156 cm³/mol. The van der Waals surface area contributed by atoms with E-state index in [1.165, 1.54) is 37.7 Å². The van der Waals surface area contributed by atoms with Crippen molar-refractivity contribution in [1.82, 2.24) is 25.1 Å². The van der Waals surface area contributed by atoms with Crippen molar-refractivity contribution in [1.29, 1.82) is 0 Å². The van der Waals surface area contributed by atoms with Crippen LogP contribution in [0, 0.1) is 0 Å². The number of rotatable bonds is 10. The number of thiazole rings is 1. The molecule has 2 amide bonds. The Bertz CT molecular complexity index is 1760. The van der Waals surface area contributed by atoms with E-state index in [1.807, 2.05) is 24.3 Å². The standard InChI is InChI=1S/C28H23F3N6O4S2/c1-40-16-11-12-21(41-2)20(13-16)37-23(14-32-25(39)17-7-3-4-8-18(17)28(29,30)31)35-36-27(37)42-15-24(38)34-26-33-19-9-5-6-10-22(19)43-26/h3-13H,14-15H2,1-2H3,(H,32,39)(H,33,34,38). The molecule has 2 heterocycles. The number of anilines is 1. The molecule has 0 saturated carbocycles. The van der Waals surface area contributed by atoms with Crippen LogP contribution in [0.4, 0.5) is 18.3 Å². The molecule has 0 spiro atoms. The van der Waals surface area contributed by atoms with Crippen molar-refractivity contribution in [2.45, 2.75) is 17.9 Å². The van der Waals surface area contributed by atoms with Gasteiger partial charge in [0.1, 0.15) is 11.5 Å². The number of alkyl halides is 3. The number of thioether (sulfide) groups is 1. The Balaban J connectivity index is 1.40. The molecule has 0 unspecified atom stereocenters. The molecule has 222 valence electrons. The van der Waals surface area contributed by atoms with Crippen LogP contribution in [0.1, 0.15) is 21.7 Å². The molecule has 0 saturated heterocycles. The molecule has 43 heavy (non-hydrogen) atoms. The Hall–Kier alpha value is -4.63. The fourth-order valence-corrected chi connectivity index (χ4v) is 5.76. The first kappa shape index (κ1) is 29.8. The number of hydrogen-bond donors (Lipinski definition) is 2. The average molecular weight is 629 g/mol. The quantitative estimate of drug-likeness (QED) is 0.193. The van der Waals surface area contributed by atoms with E-state index in [2.05, 4.69) is 25.8 Å². The van der Waals surface area contributed by atoms with Gasteiger partial charge in [-0.15, -0.1) is 10.2 Å². The van der Waals surface area contributed by atoms with E-state index in [0.717, 1.165) is 34.1 Å². The van der Waals surface area contributed by atoms with Gasteiger partial charge < -0.3 is 20.1 Å². The van der Waals surface area contributed by atoms with Gasteiger partial charge in [0.05, 0.1) is 53.5 Å². The zero-order valence-corrected chi connectivity index (χ0v) is 24.3. The lowest BCUT2D eigenvalue weighted by Crippen LogP contribution is -2.27. The summed E-state index contributed by atoms with van der Waals surface area (Å²) in [5.74, 6) is -0.289. The Morgan fingerprint density at radius 2 is 1.77 bits per heavy atom. The molecule has 5 aromatic rings. The lowest BCUT2D eigenvalue weighted by Gasteiger charge is -2.16. The molecule has 10 nitrogen and oxygen atoms in total. The molecule has 0 radical (unpaired) electrons. The minimum absolute atomic E-state index is 0.0638. The van der Waals surface area contributed by atoms with Gasteiger partial charge in [0.2, 0.25) is 5.91 Å². The van der Waals surface area contributed by atoms with Crippen LogP contribution in [0.25, 0.3) is 15.9 Å². The maximum atomic E-state index is 13.5. The minimum atomic E-state index is -4.71. The minimum Gasteiger partial charge on any atom is -0.497 e. The number of para-hydroxylation sites is 1. The van der Waals surface area contributed by atoms with Gasteiger partial charge in [0.25, 0.3) is 5.91 Å². The number of halogens is 3. The summed E-state index contributed by atoms with van der Waals surface area (Å²) in [6.07, 6.45) is -4.71. The molecule has 2 N–H and O–H groups in total. The summed E-state index contributed by atoms with van der Waals surface area (Å²) in [6, 6.07) is 17.0. The van der Waals surface area contributed by atoms with Crippen LogP contribution in [-0.2, 0) is 17.5 Å². The number of nitrogens with zero attached hydrogens (tertiary/aromatic N) is 4. The van der Waals surface area contributed by atoms with E-state index in [4.69, 9.17) is 9.47 Å². The molecule has 2 aromatic heterocycles. The van der Waals surface area contributed by atoms with E-state index in [9.17, 15) is 22.8 Å². The number of nitrogens with one attached hydrogen (secondary N) is 2. The van der Waals surface area contributed by atoms with Crippen molar-refractivity contribution in [3.05, 3.63) is 83.7 Å². The van der Waals surface area contributed by atoms with Crippen LogP contribution < -0.4 is 20.1 Å². The first-order valence-corrected chi connectivity index (χ1v) is 14.4. The summed E-state index contributed by atoms with van der Waals surface area (Å²) in [7, 11) is 2.95. The summed E-state index contributed by atoms with van der Waals surface area (Å²) in [5, 5.41) is 14.4. The Labute approximate surface area is 251 Å². The molecule has 0 bridgehead atoms. The van der Waals surface area contributed by atoms with Crippen molar-refractivity contribution in [3.8, 4) is 17.2 Å². The normalized spacial score (nSPS) is 11.4.